The van der Waals surface area contributed by atoms with Gasteiger partial charge in [-0.05, 0) is 67.9 Å². The molecule has 38 heavy (non-hydrogen) atoms. The van der Waals surface area contributed by atoms with Crippen molar-refractivity contribution in [3.05, 3.63) is 57.8 Å². The van der Waals surface area contributed by atoms with Crippen molar-refractivity contribution in [2.75, 3.05) is 40.0 Å². The van der Waals surface area contributed by atoms with E-state index >= 15 is 8.78 Å². The van der Waals surface area contributed by atoms with E-state index in [-0.39, 0.29) is 5.58 Å². The number of carbonyl (C=O) groups excluding carboxylic acids is 1. The Hall–Kier alpha value is -2.63. The van der Waals surface area contributed by atoms with Crippen molar-refractivity contribution in [3.63, 3.8) is 0 Å². The lowest BCUT2D eigenvalue weighted by molar-refractivity contribution is -0.151. The van der Waals surface area contributed by atoms with Gasteiger partial charge in [0, 0.05) is 17.0 Å². The average Bonchev–Trinajstić information content (AvgIpc) is 3.57. The van der Waals surface area contributed by atoms with Gasteiger partial charge in [-0.25, -0.2) is 0 Å². The summed E-state index contributed by atoms with van der Waals surface area (Å²) in [5, 5.41) is 3.59. The van der Waals surface area contributed by atoms with Gasteiger partial charge in [-0.3, -0.25) is 4.79 Å². The molecule has 1 saturated heterocycles. The number of amides is 1. The van der Waals surface area contributed by atoms with Crippen LogP contribution in [0.25, 0.3) is 11.0 Å². The van der Waals surface area contributed by atoms with Crippen LogP contribution in [0.1, 0.15) is 30.2 Å². The molecule has 0 unspecified atom stereocenters. The zero-order chi connectivity index (χ0) is 26.9. The number of hydrogen-bond acceptors (Lipinski definition) is 7. The predicted molar refractivity (Wildman–Crippen MR) is 138 cm³/mol. The smallest absolute Gasteiger partial charge is 0.380 e. The largest absolute Gasteiger partial charge is 0.486 e. The number of rotatable bonds is 9. The minimum absolute atomic E-state index is 0.204. The molecule has 1 amide bonds. The molecule has 1 fully saturated rings. The van der Waals surface area contributed by atoms with Crippen molar-refractivity contribution in [1.29, 1.82) is 0 Å². The van der Waals surface area contributed by atoms with Crippen molar-refractivity contribution in [2.24, 2.45) is 0 Å². The second kappa shape index (κ2) is 11.2. The van der Waals surface area contributed by atoms with Gasteiger partial charge < -0.3 is 28.9 Å². The third-order valence-corrected chi connectivity index (χ3v) is 7.18. The molecule has 3 heterocycles. The molecule has 0 radical (unpaired) electrons. The molecule has 2 aromatic carbocycles. The number of ether oxygens (including phenoxy) is 2. The van der Waals surface area contributed by atoms with Gasteiger partial charge in [-0.2, -0.15) is 14.3 Å². The molecule has 2 N–H and O–H groups in total. The quantitative estimate of drug-likeness (QED) is 0.348. The lowest BCUT2D eigenvalue weighted by atomic mass is 9.98. The monoisotopic (exact) mass is 569 g/mol. The van der Waals surface area contributed by atoms with Crippen LogP contribution < -0.4 is 20.3 Å². The predicted octanol–water partition coefficient (Wildman–Crippen LogP) is 5.08. The number of furan rings is 1. The van der Waals surface area contributed by atoms with Crippen LogP contribution >= 0.6 is 23.2 Å². The van der Waals surface area contributed by atoms with Gasteiger partial charge in [-0.1, -0.05) is 23.2 Å². The van der Waals surface area contributed by atoms with E-state index in [0.717, 1.165) is 32.0 Å². The maximum atomic E-state index is 15.4. The normalized spacial score (nSPS) is 17.5. The van der Waals surface area contributed by atoms with Crippen molar-refractivity contribution >= 4 is 40.1 Å². The Labute approximate surface area is 228 Å². The number of carbonyl (C=O) groups is 1. The maximum absolute atomic E-state index is 15.4. The van der Waals surface area contributed by atoms with Gasteiger partial charge in [0.2, 0.25) is 0 Å². The van der Waals surface area contributed by atoms with Crippen LogP contribution in [0.5, 0.6) is 11.5 Å². The zero-order valence-corrected chi connectivity index (χ0v) is 22.1. The summed E-state index contributed by atoms with van der Waals surface area (Å²) >= 11 is 12.4. The number of nitrogens with zero attached hydrogens (tertiary/aromatic N) is 1. The van der Waals surface area contributed by atoms with Crippen LogP contribution in [0.15, 0.2) is 40.8 Å². The minimum atomic E-state index is -3.95. The van der Waals surface area contributed by atoms with Crippen molar-refractivity contribution in [2.45, 2.75) is 30.8 Å². The number of alkyl halides is 2. The second-order valence-corrected chi connectivity index (χ2v) is 10.1. The summed E-state index contributed by atoms with van der Waals surface area (Å²) < 4.78 is 47.5. The molecule has 204 valence electrons. The Bertz CT molecular complexity index is 1320. The molecule has 2 aliphatic rings. The molecule has 1 aromatic heterocycles. The van der Waals surface area contributed by atoms with Crippen molar-refractivity contribution in [3.8, 4) is 11.5 Å². The Kier molecular flexibility index (Phi) is 7.97. The van der Waals surface area contributed by atoms with E-state index in [2.05, 4.69) is 15.7 Å². The lowest BCUT2D eigenvalue weighted by Crippen LogP contribution is -2.53. The van der Waals surface area contributed by atoms with E-state index in [9.17, 15) is 4.79 Å². The maximum Gasteiger partial charge on any atom is 0.380 e. The first-order valence-electron chi connectivity index (χ1n) is 12.2. The average molecular weight is 570 g/mol. The molecule has 3 aromatic rings. The topological polar surface area (TPSA) is 85.2 Å². The summed E-state index contributed by atoms with van der Waals surface area (Å²) in [5.74, 6) is -5.38. The molecule has 0 spiro atoms. The van der Waals surface area contributed by atoms with E-state index in [1.807, 2.05) is 0 Å². The van der Waals surface area contributed by atoms with Gasteiger partial charge in [-0.15, -0.1) is 0 Å². The first kappa shape index (κ1) is 27.0. The first-order valence-corrected chi connectivity index (χ1v) is 13.0. The van der Waals surface area contributed by atoms with Gasteiger partial charge in [0.1, 0.15) is 18.8 Å². The molecule has 8 nitrogen and oxygen atoms in total. The lowest BCUT2D eigenvalue weighted by Gasteiger charge is -2.33. The summed E-state index contributed by atoms with van der Waals surface area (Å²) in [6, 6.07) is 7.42. The molecule has 2 aliphatic heterocycles. The number of likely N-dealkylation sites (tertiary alicyclic amines) is 1. The Morgan fingerprint density at radius 3 is 2.66 bits per heavy atom. The van der Waals surface area contributed by atoms with Crippen LogP contribution in [-0.4, -0.2) is 56.8 Å². The van der Waals surface area contributed by atoms with E-state index in [4.69, 9.17) is 41.9 Å². The molecule has 12 heteroatoms. The molecule has 0 bridgehead atoms. The third-order valence-electron chi connectivity index (χ3n) is 6.67. The van der Waals surface area contributed by atoms with E-state index < -0.39 is 29.7 Å². The van der Waals surface area contributed by atoms with Crippen LogP contribution in [0.4, 0.5) is 8.78 Å². The number of benzene rings is 2. The van der Waals surface area contributed by atoms with Crippen molar-refractivity contribution in [1.82, 2.24) is 15.7 Å². The first-order chi connectivity index (χ1) is 18.3. The second-order valence-electron chi connectivity index (χ2n) is 9.28. The molecule has 5 rings (SSSR count). The summed E-state index contributed by atoms with van der Waals surface area (Å²) in [5.41, 5.74) is 3.63. The van der Waals surface area contributed by atoms with Gasteiger partial charge in [0.15, 0.2) is 17.3 Å². The Morgan fingerprint density at radius 1 is 1.13 bits per heavy atom. The fourth-order valence-corrected chi connectivity index (χ4v) is 5.29. The van der Waals surface area contributed by atoms with Gasteiger partial charge >= 0.3 is 5.92 Å². The molecular formula is C26H27Cl2F2N3O5. The molecule has 0 aliphatic carbocycles. The number of nitrogens with one attached hydrogen (secondary N) is 2. The summed E-state index contributed by atoms with van der Waals surface area (Å²) in [6.45, 7) is 2.58. The standard InChI is InChI=1S/C26H27Cl2F2N3O5/c1-35-32-23(16-11-18(28)24-21(12-16)36-8-9-37-24)19(14-33-6-2-3-7-33)31-25(34)26(29,30)22-13-15-10-17(27)4-5-20(15)38-22/h4-5,10-13,19,23,32H,2-3,6-9,14H2,1H3,(H,31,34)/t19-,23-/m1/s1. The fraction of sp³-hybridized carbons (Fsp3) is 0.423. The van der Waals surface area contributed by atoms with Crippen LogP contribution in [0.2, 0.25) is 10.0 Å². The fourth-order valence-electron chi connectivity index (χ4n) is 4.84. The van der Waals surface area contributed by atoms with Crippen LogP contribution in [0.3, 0.4) is 0 Å². The summed E-state index contributed by atoms with van der Waals surface area (Å²) in [7, 11) is 1.41. The zero-order valence-electron chi connectivity index (χ0n) is 20.6. The minimum Gasteiger partial charge on any atom is -0.486 e. The molecule has 0 saturated carbocycles. The number of hydroxylamine groups is 1. The van der Waals surface area contributed by atoms with Gasteiger partial charge in [0.25, 0.3) is 5.91 Å². The Morgan fingerprint density at radius 2 is 1.89 bits per heavy atom. The van der Waals surface area contributed by atoms with Crippen LogP contribution in [0, 0.1) is 0 Å². The van der Waals surface area contributed by atoms with Crippen molar-refractivity contribution < 1.29 is 32.3 Å². The SMILES string of the molecule is CON[C@H](c1cc(Cl)c2c(c1)OCCO2)[C@@H](CN1CCCC1)NC(=O)C(F)(F)c1cc2cc(Cl)ccc2o1. The highest BCUT2D eigenvalue weighted by Crippen LogP contribution is 2.41. The van der Waals surface area contributed by atoms with E-state index in [0.29, 0.717) is 52.3 Å². The van der Waals surface area contributed by atoms with E-state index in [1.165, 1.54) is 25.3 Å². The Balaban J connectivity index is 1.46. The number of halogens is 4. The highest BCUT2D eigenvalue weighted by molar-refractivity contribution is 6.32. The summed E-state index contributed by atoms with van der Waals surface area (Å²) in [6.07, 6.45) is 1.97. The molecule has 2 atom stereocenters. The highest BCUT2D eigenvalue weighted by atomic mass is 35.5. The van der Waals surface area contributed by atoms with E-state index in [1.54, 1.807) is 12.1 Å². The highest BCUT2D eigenvalue weighted by Gasteiger charge is 2.46. The summed E-state index contributed by atoms with van der Waals surface area (Å²) in [4.78, 5) is 20.5. The molecular weight excluding hydrogens is 543 g/mol. The number of hydrogen-bond donors (Lipinski definition) is 2. The van der Waals surface area contributed by atoms with Gasteiger partial charge in [0.05, 0.1) is 24.2 Å². The van der Waals surface area contributed by atoms with Crippen LogP contribution in [-0.2, 0) is 15.6 Å². The third kappa shape index (κ3) is 5.55. The number of fused-ring (bicyclic) bond motifs is 2.